The molecule has 2 saturated heterocycles. The van der Waals surface area contributed by atoms with E-state index in [0.29, 0.717) is 83.0 Å². The van der Waals surface area contributed by atoms with E-state index in [1.54, 1.807) is 21.5 Å². The Hall–Kier alpha value is -3.98. The van der Waals surface area contributed by atoms with Crippen molar-refractivity contribution in [2.75, 3.05) is 88.4 Å². The molecule has 17 heteroatoms. The van der Waals surface area contributed by atoms with Crippen molar-refractivity contribution in [3.63, 3.8) is 0 Å². The molecule has 15 nitrogen and oxygen atoms in total. The van der Waals surface area contributed by atoms with Crippen molar-refractivity contribution in [2.24, 2.45) is 5.92 Å². The SMILES string of the molecule is C#CCOCCOCCOCCOCCN1C(=O)O[C@H]2CN(c3nc4cc([C@@H]5CCCCCCC5C(=O)c5cc(Cl)ccc5NS(C)(=O)=O)nn4cc3C)C[C@H]21. The molecule has 2 aromatic heterocycles. The number of aryl methyl sites for hydroxylation is 1. The maximum atomic E-state index is 14.3. The number of halogens is 1. The van der Waals surface area contributed by atoms with Crippen molar-refractivity contribution in [1.29, 1.82) is 0 Å². The second-order valence-electron chi connectivity index (χ2n) is 14.4. The average Bonchev–Trinajstić information content (AvgIpc) is 3.82. The average molecular weight is 815 g/mol. The number of nitrogens with zero attached hydrogens (tertiary/aromatic N) is 5. The number of ketones is 1. The highest BCUT2D eigenvalue weighted by atomic mass is 35.5. The Bertz CT molecular complexity index is 1990. The number of carbonyl (C=O) groups is 2. The Morgan fingerprint density at radius 2 is 1.70 bits per heavy atom. The van der Waals surface area contributed by atoms with Crippen LogP contribution in [0.3, 0.4) is 0 Å². The van der Waals surface area contributed by atoms with Gasteiger partial charge >= 0.3 is 6.09 Å². The van der Waals surface area contributed by atoms with Gasteiger partial charge in [-0.2, -0.15) is 5.10 Å². The summed E-state index contributed by atoms with van der Waals surface area (Å²) in [6.45, 7) is 6.65. The summed E-state index contributed by atoms with van der Waals surface area (Å²) in [6.07, 6.45) is 12.8. The number of carbonyl (C=O) groups excluding carboxylic acids is 2. The lowest BCUT2D eigenvalue weighted by molar-refractivity contribution is -0.000440. The largest absolute Gasteiger partial charge is 0.442 e. The summed E-state index contributed by atoms with van der Waals surface area (Å²) in [4.78, 5) is 36.0. The minimum Gasteiger partial charge on any atom is -0.442 e. The van der Waals surface area contributed by atoms with Crippen LogP contribution in [0.15, 0.2) is 30.5 Å². The summed E-state index contributed by atoms with van der Waals surface area (Å²) in [5.41, 5.74) is 2.81. The van der Waals surface area contributed by atoms with E-state index < -0.39 is 15.9 Å². The molecule has 3 aromatic rings. The molecule has 3 aliphatic rings. The van der Waals surface area contributed by atoms with Gasteiger partial charge in [-0.05, 0) is 38.0 Å². The smallest absolute Gasteiger partial charge is 0.410 e. The molecule has 1 amide bonds. The fourth-order valence-electron chi connectivity index (χ4n) is 7.77. The molecule has 304 valence electrons. The zero-order valence-corrected chi connectivity index (χ0v) is 33.6. The van der Waals surface area contributed by atoms with E-state index in [2.05, 4.69) is 15.5 Å². The van der Waals surface area contributed by atoms with E-state index in [0.717, 1.165) is 55.4 Å². The second kappa shape index (κ2) is 19.4. The predicted octanol–water partition coefficient (Wildman–Crippen LogP) is 4.71. The molecule has 3 fully saturated rings. The summed E-state index contributed by atoms with van der Waals surface area (Å²) in [5, 5.41) is 5.31. The van der Waals surface area contributed by atoms with Gasteiger partial charge in [0.2, 0.25) is 10.0 Å². The van der Waals surface area contributed by atoms with Crippen LogP contribution in [0, 0.1) is 25.2 Å². The minimum absolute atomic E-state index is 0.141. The molecule has 0 spiro atoms. The molecule has 1 aromatic carbocycles. The third-order valence-corrected chi connectivity index (χ3v) is 11.2. The van der Waals surface area contributed by atoms with Gasteiger partial charge in [0.25, 0.3) is 0 Å². The maximum absolute atomic E-state index is 14.3. The number of aromatic nitrogens is 3. The van der Waals surface area contributed by atoms with Crippen LogP contribution in [-0.2, 0) is 33.7 Å². The highest BCUT2D eigenvalue weighted by Gasteiger charge is 2.48. The standard InChI is InChI=1S/C39H51ClN6O9S/c1-4-14-51-16-18-53-20-21-54-19-17-52-15-13-45-34-25-44(26-35(34)55-39(45)48)38-27(2)24-46-36(41-38)23-33(42-46)29-9-7-5-6-8-10-30(29)37(47)31-22-28(40)11-12-32(31)43-56(3,49)50/h1,11-12,22-24,29-30,34-35,43H,5-10,13-21,25-26H2,2-3H3/t29-,30?,34-,35+/m1/s1. The molecule has 2 aliphatic heterocycles. The Morgan fingerprint density at radius 1 is 1.00 bits per heavy atom. The summed E-state index contributed by atoms with van der Waals surface area (Å²) in [7, 11) is -3.63. The van der Waals surface area contributed by atoms with Crippen LogP contribution in [0.4, 0.5) is 16.3 Å². The van der Waals surface area contributed by atoms with Gasteiger partial charge in [-0.1, -0.05) is 43.2 Å². The zero-order chi connectivity index (χ0) is 39.7. The Balaban J connectivity index is 1.08. The van der Waals surface area contributed by atoms with Crippen LogP contribution in [0.25, 0.3) is 5.65 Å². The first-order valence-electron chi connectivity index (χ1n) is 19.2. The third kappa shape index (κ3) is 10.7. The van der Waals surface area contributed by atoms with Crippen LogP contribution in [0.5, 0.6) is 0 Å². The van der Waals surface area contributed by atoms with Crippen molar-refractivity contribution in [3.05, 3.63) is 52.3 Å². The number of sulfonamides is 1. The van der Waals surface area contributed by atoms with Crippen molar-refractivity contribution < 1.29 is 41.7 Å². The van der Waals surface area contributed by atoms with E-state index in [-0.39, 0.29) is 47.8 Å². The van der Waals surface area contributed by atoms with Crippen LogP contribution in [-0.4, -0.2) is 131 Å². The number of fused-ring (bicyclic) bond motifs is 2. The normalized spacial score (nSPS) is 21.4. The van der Waals surface area contributed by atoms with Gasteiger partial charge in [-0.25, -0.2) is 22.7 Å². The molecule has 4 heterocycles. The Morgan fingerprint density at radius 3 is 2.41 bits per heavy atom. The quantitative estimate of drug-likeness (QED) is 0.101. The number of Topliss-reactive ketones (excluding diaryl/α,β-unsaturated/α-hetero) is 1. The van der Waals surface area contributed by atoms with Gasteiger partial charge < -0.3 is 28.6 Å². The number of amides is 1. The lowest BCUT2D eigenvalue weighted by atomic mass is 9.76. The van der Waals surface area contributed by atoms with E-state index >= 15 is 0 Å². The number of terminal acetylenes is 1. The van der Waals surface area contributed by atoms with E-state index in [1.807, 2.05) is 19.2 Å². The highest BCUT2D eigenvalue weighted by Crippen LogP contribution is 2.40. The molecule has 0 radical (unpaired) electrons. The molecule has 1 aliphatic carbocycles. The van der Waals surface area contributed by atoms with Crippen molar-refractivity contribution in [2.45, 2.75) is 63.5 Å². The number of ether oxygens (including phenoxy) is 5. The van der Waals surface area contributed by atoms with Crippen LogP contribution < -0.4 is 9.62 Å². The minimum atomic E-state index is -3.63. The maximum Gasteiger partial charge on any atom is 0.410 e. The third-order valence-electron chi connectivity index (χ3n) is 10.4. The molecule has 6 rings (SSSR count). The molecular weight excluding hydrogens is 764 g/mol. The van der Waals surface area contributed by atoms with E-state index in [9.17, 15) is 18.0 Å². The number of hydrogen-bond donors (Lipinski definition) is 1. The van der Waals surface area contributed by atoms with E-state index in [1.165, 1.54) is 6.07 Å². The van der Waals surface area contributed by atoms with Crippen molar-refractivity contribution >= 4 is 50.7 Å². The van der Waals surface area contributed by atoms with Gasteiger partial charge in [-0.3, -0.25) is 14.4 Å². The second-order valence-corrected chi connectivity index (χ2v) is 16.6. The van der Waals surface area contributed by atoms with E-state index in [4.69, 9.17) is 51.8 Å². The Kier molecular flexibility index (Phi) is 14.5. The fourth-order valence-corrected chi connectivity index (χ4v) is 8.52. The highest BCUT2D eigenvalue weighted by molar-refractivity contribution is 7.92. The summed E-state index contributed by atoms with van der Waals surface area (Å²) in [6, 6.07) is 6.46. The van der Waals surface area contributed by atoms with Gasteiger partial charge in [0.1, 0.15) is 18.5 Å². The van der Waals surface area contributed by atoms with Crippen LogP contribution in [0.1, 0.15) is 66.1 Å². The molecule has 1 saturated carbocycles. The monoisotopic (exact) mass is 814 g/mol. The molecule has 1 N–H and O–H groups in total. The van der Waals surface area contributed by atoms with Crippen LogP contribution >= 0.6 is 11.6 Å². The number of benzene rings is 1. The van der Waals surface area contributed by atoms with Crippen molar-refractivity contribution in [3.8, 4) is 12.3 Å². The van der Waals surface area contributed by atoms with Gasteiger partial charge in [0.05, 0.1) is 76.5 Å². The zero-order valence-electron chi connectivity index (χ0n) is 32.0. The topological polar surface area (TPSA) is 163 Å². The lowest BCUT2D eigenvalue weighted by Gasteiger charge is -2.28. The first-order valence-corrected chi connectivity index (χ1v) is 21.4. The predicted molar refractivity (Wildman–Crippen MR) is 211 cm³/mol. The lowest BCUT2D eigenvalue weighted by Crippen LogP contribution is -2.40. The number of hydrogen-bond acceptors (Lipinski definition) is 12. The molecule has 56 heavy (non-hydrogen) atoms. The molecule has 0 bridgehead atoms. The summed E-state index contributed by atoms with van der Waals surface area (Å²) in [5.74, 6) is 2.40. The summed E-state index contributed by atoms with van der Waals surface area (Å²) < 4.78 is 56.2. The Labute approximate surface area is 333 Å². The number of anilines is 2. The van der Waals surface area contributed by atoms with Crippen molar-refractivity contribution in [1.82, 2.24) is 19.5 Å². The fraction of sp³-hybridized carbons (Fsp3) is 0.590. The molecule has 4 atom stereocenters. The van der Waals surface area contributed by atoms with Gasteiger partial charge in [0, 0.05) is 53.3 Å². The number of rotatable bonds is 19. The first-order chi connectivity index (χ1) is 27.0. The van der Waals surface area contributed by atoms with Crippen LogP contribution in [0.2, 0.25) is 5.02 Å². The first kappa shape index (κ1) is 41.6. The summed E-state index contributed by atoms with van der Waals surface area (Å²) >= 11 is 6.33. The molecule has 1 unspecified atom stereocenters. The van der Waals surface area contributed by atoms with Gasteiger partial charge in [-0.15, -0.1) is 6.42 Å². The van der Waals surface area contributed by atoms with Gasteiger partial charge in [0.15, 0.2) is 11.4 Å². The molecular formula is C39H51ClN6O9S. The number of nitrogens with one attached hydrogen (secondary N) is 1.